The first-order valence-corrected chi connectivity index (χ1v) is 9.08. The molecule has 0 atom stereocenters. The zero-order valence-electron chi connectivity index (χ0n) is 14.5. The number of halogens is 2. The van der Waals surface area contributed by atoms with Gasteiger partial charge in [-0.1, -0.05) is 12.1 Å². The summed E-state index contributed by atoms with van der Waals surface area (Å²) in [6.45, 7) is 3.62. The fraction of sp³-hybridized carbons (Fsp3) is 0.211. The minimum Gasteiger partial charge on any atom is -0.326 e. The summed E-state index contributed by atoms with van der Waals surface area (Å²) in [4.78, 5) is 23.8. The molecule has 0 aliphatic rings. The number of hydrazone groups is 1. The molecule has 2 N–H and O–H groups in total. The van der Waals surface area contributed by atoms with Crippen molar-refractivity contribution in [1.82, 2.24) is 5.43 Å². The van der Waals surface area contributed by atoms with Gasteiger partial charge < -0.3 is 5.32 Å². The number of amides is 2. The van der Waals surface area contributed by atoms with Crippen LogP contribution in [0.2, 0.25) is 0 Å². The molecule has 0 unspecified atom stereocenters. The minimum absolute atomic E-state index is 0.0233. The molecule has 0 saturated heterocycles. The number of hydrogen-bond acceptors (Lipinski definition) is 3. The Hall–Kier alpha value is -2.29. The number of benzene rings is 2. The van der Waals surface area contributed by atoms with Crippen LogP contribution in [0, 0.1) is 16.3 Å². The topological polar surface area (TPSA) is 70.6 Å². The molecule has 0 aliphatic carbocycles. The lowest BCUT2D eigenvalue weighted by atomic mass is 10.1. The molecule has 0 aliphatic heterocycles. The molecule has 0 aromatic heterocycles. The summed E-state index contributed by atoms with van der Waals surface area (Å²) in [5.41, 5.74) is 5.37. The van der Waals surface area contributed by atoms with Gasteiger partial charge in [0.1, 0.15) is 5.82 Å². The van der Waals surface area contributed by atoms with E-state index in [1.54, 1.807) is 19.1 Å². The summed E-state index contributed by atoms with van der Waals surface area (Å²) in [6.07, 6.45) is 0.0812. The first-order valence-electron chi connectivity index (χ1n) is 8.00. The normalized spacial score (nSPS) is 11.2. The number of hydrogen-bond donors (Lipinski definition) is 2. The summed E-state index contributed by atoms with van der Waals surface area (Å²) in [7, 11) is 0. The second kappa shape index (κ2) is 9.42. The zero-order valence-corrected chi connectivity index (χ0v) is 16.6. The molecule has 0 saturated carbocycles. The van der Waals surface area contributed by atoms with Crippen molar-refractivity contribution in [3.8, 4) is 0 Å². The molecule has 26 heavy (non-hydrogen) atoms. The van der Waals surface area contributed by atoms with Crippen LogP contribution in [0.15, 0.2) is 47.6 Å². The van der Waals surface area contributed by atoms with Crippen molar-refractivity contribution in [3.63, 3.8) is 0 Å². The first-order chi connectivity index (χ1) is 12.3. The Bertz CT molecular complexity index is 835. The molecule has 2 rings (SSSR count). The van der Waals surface area contributed by atoms with Gasteiger partial charge in [0, 0.05) is 22.1 Å². The van der Waals surface area contributed by atoms with Crippen molar-refractivity contribution < 1.29 is 14.0 Å². The number of carbonyl (C=O) groups excluding carboxylic acids is 2. The van der Waals surface area contributed by atoms with Crippen LogP contribution in [0.4, 0.5) is 10.1 Å². The molecule has 2 aromatic carbocycles. The largest absolute Gasteiger partial charge is 0.326 e. The Morgan fingerprint density at radius 1 is 1.08 bits per heavy atom. The van der Waals surface area contributed by atoms with Crippen molar-refractivity contribution in [2.24, 2.45) is 5.10 Å². The van der Waals surface area contributed by atoms with Gasteiger partial charge in [-0.3, -0.25) is 9.59 Å². The average Bonchev–Trinajstić information content (AvgIpc) is 2.61. The average molecular weight is 467 g/mol. The highest BCUT2D eigenvalue weighted by molar-refractivity contribution is 14.1. The summed E-state index contributed by atoms with van der Waals surface area (Å²) < 4.78 is 14.0. The third-order valence-corrected chi connectivity index (χ3v) is 4.32. The second-order valence-electron chi connectivity index (χ2n) is 5.75. The van der Waals surface area contributed by atoms with Gasteiger partial charge in [-0.15, -0.1) is 0 Å². The van der Waals surface area contributed by atoms with E-state index in [1.807, 2.05) is 25.1 Å². The lowest BCUT2D eigenvalue weighted by Gasteiger charge is -2.08. The highest BCUT2D eigenvalue weighted by atomic mass is 127. The Morgan fingerprint density at radius 2 is 1.73 bits per heavy atom. The third kappa shape index (κ3) is 6.21. The van der Waals surface area contributed by atoms with Crippen LogP contribution in [0.1, 0.15) is 30.9 Å². The zero-order chi connectivity index (χ0) is 19.1. The van der Waals surface area contributed by atoms with E-state index < -0.39 is 0 Å². The van der Waals surface area contributed by atoms with E-state index in [4.69, 9.17) is 0 Å². The molecule has 0 spiro atoms. The predicted octanol–water partition coefficient (Wildman–Crippen LogP) is 4.00. The number of aryl methyl sites for hydroxylation is 1. The van der Waals surface area contributed by atoms with E-state index in [9.17, 15) is 14.0 Å². The molecule has 2 amide bonds. The number of nitrogens with one attached hydrogen (secondary N) is 2. The van der Waals surface area contributed by atoms with Crippen LogP contribution in [0.3, 0.4) is 0 Å². The molecule has 7 heteroatoms. The molecule has 2 aromatic rings. The van der Waals surface area contributed by atoms with Gasteiger partial charge in [-0.25, -0.2) is 9.82 Å². The highest BCUT2D eigenvalue weighted by Gasteiger charge is 2.09. The Labute approximate surface area is 165 Å². The summed E-state index contributed by atoms with van der Waals surface area (Å²) in [5, 5.41) is 6.77. The van der Waals surface area contributed by atoms with Crippen molar-refractivity contribution in [2.75, 3.05) is 5.32 Å². The fourth-order valence-corrected chi connectivity index (χ4v) is 2.81. The van der Waals surface area contributed by atoms with Crippen LogP contribution < -0.4 is 10.7 Å². The maximum absolute atomic E-state index is 12.9. The number of anilines is 1. The number of carbonyl (C=O) groups is 2. The molecule has 0 fully saturated rings. The van der Waals surface area contributed by atoms with Gasteiger partial charge in [0.05, 0.1) is 5.71 Å². The van der Waals surface area contributed by atoms with Crippen molar-refractivity contribution >= 4 is 45.8 Å². The van der Waals surface area contributed by atoms with Crippen LogP contribution in [0.5, 0.6) is 0 Å². The van der Waals surface area contributed by atoms with Crippen molar-refractivity contribution in [2.45, 2.75) is 26.7 Å². The van der Waals surface area contributed by atoms with Crippen LogP contribution in [-0.2, 0) is 9.59 Å². The monoisotopic (exact) mass is 467 g/mol. The number of rotatable bonds is 6. The van der Waals surface area contributed by atoms with Crippen molar-refractivity contribution in [1.29, 1.82) is 0 Å². The number of nitrogens with zero attached hydrogens (tertiary/aromatic N) is 1. The van der Waals surface area contributed by atoms with Crippen LogP contribution >= 0.6 is 22.6 Å². The summed E-state index contributed by atoms with van der Waals surface area (Å²) in [5.74, 6) is -0.926. The van der Waals surface area contributed by atoms with Gasteiger partial charge in [0.15, 0.2) is 0 Å². The van der Waals surface area contributed by atoms with Gasteiger partial charge >= 0.3 is 0 Å². The highest BCUT2D eigenvalue weighted by Crippen LogP contribution is 2.18. The molecule has 5 nitrogen and oxygen atoms in total. The maximum Gasteiger partial charge on any atom is 0.240 e. The lowest BCUT2D eigenvalue weighted by Crippen LogP contribution is -2.22. The van der Waals surface area contributed by atoms with E-state index in [2.05, 4.69) is 38.4 Å². The second-order valence-corrected chi connectivity index (χ2v) is 6.99. The van der Waals surface area contributed by atoms with Gasteiger partial charge in [-0.2, -0.15) is 5.10 Å². The first kappa shape index (κ1) is 20.0. The molecule has 0 bridgehead atoms. The van der Waals surface area contributed by atoms with Gasteiger partial charge in [0.25, 0.3) is 0 Å². The van der Waals surface area contributed by atoms with E-state index in [-0.39, 0.29) is 30.5 Å². The molecule has 0 heterocycles. The summed E-state index contributed by atoms with van der Waals surface area (Å²) >= 11 is 2.20. The van der Waals surface area contributed by atoms with Gasteiger partial charge in [0.2, 0.25) is 11.8 Å². The van der Waals surface area contributed by atoms with E-state index in [0.29, 0.717) is 11.3 Å². The maximum atomic E-state index is 12.9. The van der Waals surface area contributed by atoms with Crippen LogP contribution in [-0.4, -0.2) is 17.5 Å². The third-order valence-electron chi connectivity index (χ3n) is 3.65. The Balaban J connectivity index is 1.81. The Morgan fingerprint density at radius 3 is 2.38 bits per heavy atom. The standard InChI is InChI=1S/C19H19FIN3O2/c1-12-11-16(21)7-8-17(12)22-18(25)9-10-19(26)24-23-13(2)14-3-5-15(20)6-4-14/h3-8,11H,9-10H2,1-2H3,(H,22,25)(H,24,26). The molecular weight excluding hydrogens is 448 g/mol. The smallest absolute Gasteiger partial charge is 0.240 e. The summed E-state index contributed by atoms with van der Waals surface area (Å²) in [6, 6.07) is 11.5. The molecular formula is C19H19FIN3O2. The van der Waals surface area contributed by atoms with E-state index in [0.717, 1.165) is 14.8 Å². The fourth-order valence-electron chi connectivity index (χ4n) is 2.16. The van der Waals surface area contributed by atoms with E-state index >= 15 is 0 Å². The predicted molar refractivity (Wildman–Crippen MR) is 109 cm³/mol. The van der Waals surface area contributed by atoms with Crippen molar-refractivity contribution in [3.05, 3.63) is 63.0 Å². The minimum atomic E-state index is -0.360. The Kier molecular flexibility index (Phi) is 7.26. The van der Waals surface area contributed by atoms with Gasteiger partial charge in [-0.05, 0) is 77.9 Å². The van der Waals surface area contributed by atoms with E-state index in [1.165, 1.54) is 12.1 Å². The molecule has 136 valence electrons. The quantitative estimate of drug-likeness (QED) is 0.383. The molecule has 0 radical (unpaired) electrons. The lowest BCUT2D eigenvalue weighted by molar-refractivity contribution is -0.124. The van der Waals surface area contributed by atoms with Crippen LogP contribution in [0.25, 0.3) is 0 Å². The SMILES string of the molecule is CC(=NNC(=O)CCC(=O)Nc1ccc(I)cc1C)c1ccc(F)cc1.